The van der Waals surface area contributed by atoms with Gasteiger partial charge in [-0.1, -0.05) is 31.2 Å². The highest BCUT2D eigenvalue weighted by Gasteiger charge is 2.12. The van der Waals surface area contributed by atoms with E-state index in [1.807, 2.05) is 11.7 Å². The lowest BCUT2D eigenvalue weighted by atomic mass is 9.99. The predicted molar refractivity (Wildman–Crippen MR) is 81.7 cm³/mol. The zero-order valence-corrected chi connectivity index (χ0v) is 12.6. The Morgan fingerprint density at radius 3 is 2.75 bits per heavy atom. The van der Waals surface area contributed by atoms with Gasteiger partial charge in [-0.3, -0.25) is 4.68 Å². The molecule has 1 heterocycles. The fraction of sp³-hybridized carbons (Fsp3) is 0.500. The van der Waals surface area contributed by atoms with Gasteiger partial charge in [-0.15, -0.1) is 0 Å². The van der Waals surface area contributed by atoms with Gasteiger partial charge in [0.05, 0.1) is 0 Å². The molecule has 1 unspecified atom stereocenters. The number of rotatable bonds is 7. The molecule has 2 aromatic rings. The molecular formula is C16H24N4. The summed E-state index contributed by atoms with van der Waals surface area (Å²) in [4.78, 5) is 4.32. The summed E-state index contributed by atoms with van der Waals surface area (Å²) in [6.07, 6.45) is 4.77. The van der Waals surface area contributed by atoms with E-state index in [1.165, 1.54) is 11.1 Å². The topological polar surface area (TPSA) is 42.7 Å². The molecular weight excluding hydrogens is 248 g/mol. The van der Waals surface area contributed by atoms with Crippen molar-refractivity contribution in [1.82, 2.24) is 20.1 Å². The molecule has 4 heteroatoms. The van der Waals surface area contributed by atoms with Gasteiger partial charge in [-0.05, 0) is 37.4 Å². The smallest absolute Gasteiger partial charge is 0.138 e. The van der Waals surface area contributed by atoms with Crippen LogP contribution in [0.4, 0.5) is 0 Å². The Labute approximate surface area is 121 Å². The van der Waals surface area contributed by atoms with Crippen LogP contribution < -0.4 is 5.32 Å². The molecule has 0 aliphatic carbocycles. The molecule has 0 aliphatic rings. The van der Waals surface area contributed by atoms with Gasteiger partial charge in [0.25, 0.3) is 0 Å². The number of hydrogen-bond donors (Lipinski definition) is 1. The Hall–Kier alpha value is -1.68. The second-order valence-electron chi connectivity index (χ2n) is 5.22. The van der Waals surface area contributed by atoms with E-state index in [1.54, 1.807) is 6.33 Å². The summed E-state index contributed by atoms with van der Waals surface area (Å²) in [5.74, 6) is 1.04. The van der Waals surface area contributed by atoms with Crippen molar-refractivity contribution in [2.24, 2.45) is 7.05 Å². The molecule has 0 spiro atoms. The lowest BCUT2D eigenvalue weighted by molar-refractivity contribution is 0.472. The van der Waals surface area contributed by atoms with E-state index in [9.17, 15) is 0 Å². The van der Waals surface area contributed by atoms with E-state index in [0.29, 0.717) is 6.04 Å². The summed E-state index contributed by atoms with van der Waals surface area (Å²) >= 11 is 0. The molecule has 0 amide bonds. The maximum atomic E-state index is 4.32. The summed E-state index contributed by atoms with van der Waals surface area (Å²) in [5.41, 5.74) is 2.81. The molecule has 108 valence electrons. The van der Waals surface area contributed by atoms with Crippen molar-refractivity contribution < 1.29 is 0 Å². The van der Waals surface area contributed by atoms with Crippen molar-refractivity contribution in [3.63, 3.8) is 0 Å². The van der Waals surface area contributed by atoms with Crippen LogP contribution in [0.3, 0.4) is 0 Å². The van der Waals surface area contributed by atoms with Gasteiger partial charge in [0.1, 0.15) is 12.2 Å². The third-order valence-electron chi connectivity index (χ3n) is 3.75. The summed E-state index contributed by atoms with van der Waals surface area (Å²) in [5, 5.41) is 7.70. The molecule has 0 bridgehead atoms. The fourth-order valence-corrected chi connectivity index (χ4v) is 2.51. The summed E-state index contributed by atoms with van der Waals surface area (Å²) < 4.78 is 1.86. The van der Waals surface area contributed by atoms with Crippen LogP contribution in [0.1, 0.15) is 30.3 Å². The zero-order chi connectivity index (χ0) is 14.4. The van der Waals surface area contributed by atoms with Crippen molar-refractivity contribution in [3.8, 4) is 0 Å². The number of aryl methyl sites for hydroxylation is 3. The first-order valence-corrected chi connectivity index (χ1v) is 7.31. The second kappa shape index (κ2) is 7.20. The molecule has 0 aliphatic heterocycles. The quantitative estimate of drug-likeness (QED) is 0.841. The first kappa shape index (κ1) is 14.7. The number of hydrogen-bond acceptors (Lipinski definition) is 3. The van der Waals surface area contributed by atoms with Crippen LogP contribution in [-0.4, -0.2) is 27.4 Å². The molecule has 0 saturated heterocycles. The van der Waals surface area contributed by atoms with Crippen molar-refractivity contribution in [3.05, 3.63) is 47.5 Å². The van der Waals surface area contributed by atoms with Crippen molar-refractivity contribution in [2.45, 2.75) is 39.2 Å². The van der Waals surface area contributed by atoms with Gasteiger partial charge in [0.2, 0.25) is 0 Å². The maximum Gasteiger partial charge on any atom is 0.138 e. The Bertz CT molecular complexity index is 533. The minimum absolute atomic E-state index is 0.447. The van der Waals surface area contributed by atoms with E-state index >= 15 is 0 Å². The lowest BCUT2D eigenvalue weighted by Gasteiger charge is -2.18. The Balaban J connectivity index is 1.96. The number of nitrogens with zero attached hydrogens (tertiary/aromatic N) is 3. The molecule has 1 N–H and O–H groups in total. The van der Waals surface area contributed by atoms with Crippen LogP contribution in [0, 0.1) is 6.92 Å². The zero-order valence-electron chi connectivity index (χ0n) is 12.6. The van der Waals surface area contributed by atoms with Crippen molar-refractivity contribution >= 4 is 0 Å². The fourth-order valence-electron chi connectivity index (χ4n) is 2.51. The predicted octanol–water partition coefficient (Wildman–Crippen LogP) is 2.28. The monoisotopic (exact) mass is 272 g/mol. The third-order valence-corrected chi connectivity index (χ3v) is 3.75. The summed E-state index contributed by atoms with van der Waals surface area (Å²) in [6.45, 7) is 5.31. The maximum absolute atomic E-state index is 4.32. The molecule has 1 atom stereocenters. The van der Waals surface area contributed by atoms with Gasteiger partial charge in [0.15, 0.2) is 0 Å². The summed E-state index contributed by atoms with van der Waals surface area (Å²) in [6, 6.07) is 9.07. The van der Waals surface area contributed by atoms with Crippen molar-refractivity contribution in [2.75, 3.05) is 6.54 Å². The SMILES string of the molecule is CCNC(CCc1ccccc1C)Cc1ncnn1C. The number of likely N-dealkylation sites (N-methyl/N-ethyl adjacent to an activating group) is 1. The van der Waals surface area contributed by atoms with Crippen LogP contribution >= 0.6 is 0 Å². The second-order valence-corrected chi connectivity index (χ2v) is 5.22. The minimum Gasteiger partial charge on any atom is -0.314 e. The third kappa shape index (κ3) is 3.90. The molecule has 0 fully saturated rings. The lowest BCUT2D eigenvalue weighted by Crippen LogP contribution is -2.32. The Kier molecular flexibility index (Phi) is 5.30. The van der Waals surface area contributed by atoms with Crippen LogP contribution in [0.15, 0.2) is 30.6 Å². The molecule has 2 rings (SSSR count). The van der Waals surface area contributed by atoms with E-state index in [2.05, 4.69) is 53.5 Å². The van der Waals surface area contributed by atoms with E-state index < -0.39 is 0 Å². The van der Waals surface area contributed by atoms with E-state index in [4.69, 9.17) is 0 Å². The minimum atomic E-state index is 0.447. The standard InChI is InChI=1S/C16H24N4/c1-4-17-15(11-16-18-12-19-20(16)3)10-9-14-8-6-5-7-13(14)2/h5-8,12,15,17H,4,9-11H2,1-3H3. The normalized spacial score (nSPS) is 12.6. The molecule has 0 saturated carbocycles. The first-order chi connectivity index (χ1) is 9.70. The molecule has 1 aromatic carbocycles. The van der Waals surface area contributed by atoms with Crippen LogP contribution in [-0.2, 0) is 19.9 Å². The average molecular weight is 272 g/mol. The van der Waals surface area contributed by atoms with Crippen LogP contribution in [0.2, 0.25) is 0 Å². The van der Waals surface area contributed by atoms with Gasteiger partial charge in [0, 0.05) is 19.5 Å². The molecule has 4 nitrogen and oxygen atoms in total. The number of benzene rings is 1. The van der Waals surface area contributed by atoms with Gasteiger partial charge in [-0.25, -0.2) is 4.98 Å². The van der Waals surface area contributed by atoms with E-state index in [0.717, 1.165) is 31.6 Å². The number of aromatic nitrogens is 3. The largest absolute Gasteiger partial charge is 0.314 e. The molecule has 0 radical (unpaired) electrons. The highest BCUT2D eigenvalue weighted by molar-refractivity contribution is 5.25. The van der Waals surface area contributed by atoms with Crippen LogP contribution in [0.5, 0.6) is 0 Å². The van der Waals surface area contributed by atoms with E-state index in [-0.39, 0.29) is 0 Å². The highest BCUT2D eigenvalue weighted by atomic mass is 15.3. The van der Waals surface area contributed by atoms with Crippen molar-refractivity contribution in [1.29, 1.82) is 0 Å². The number of nitrogens with one attached hydrogen (secondary N) is 1. The Morgan fingerprint density at radius 1 is 1.30 bits per heavy atom. The molecule has 1 aromatic heterocycles. The average Bonchev–Trinajstić information content (AvgIpc) is 2.83. The molecule has 20 heavy (non-hydrogen) atoms. The van der Waals surface area contributed by atoms with Crippen LogP contribution in [0.25, 0.3) is 0 Å². The Morgan fingerprint density at radius 2 is 2.10 bits per heavy atom. The first-order valence-electron chi connectivity index (χ1n) is 7.31. The summed E-state index contributed by atoms with van der Waals surface area (Å²) in [7, 11) is 1.95. The van der Waals surface area contributed by atoms with Gasteiger partial charge < -0.3 is 5.32 Å². The van der Waals surface area contributed by atoms with Gasteiger partial charge in [-0.2, -0.15) is 5.10 Å². The highest BCUT2D eigenvalue weighted by Crippen LogP contribution is 2.12. The van der Waals surface area contributed by atoms with Gasteiger partial charge >= 0.3 is 0 Å².